The van der Waals surface area contributed by atoms with Crippen molar-refractivity contribution in [3.05, 3.63) is 23.9 Å². The molecule has 1 aromatic rings. The van der Waals surface area contributed by atoms with Crippen LogP contribution in [0.25, 0.3) is 0 Å². The summed E-state index contributed by atoms with van der Waals surface area (Å²) in [6, 6.07) is 3.61. The van der Waals surface area contributed by atoms with Gasteiger partial charge in [0, 0.05) is 26.8 Å². The van der Waals surface area contributed by atoms with Crippen LogP contribution in [0.2, 0.25) is 0 Å². The number of carbonyl (C=O) groups excluding carboxylic acids is 1. The number of anilines is 1. The van der Waals surface area contributed by atoms with Gasteiger partial charge < -0.3 is 4.90 Å². The standard InChI is InChI=1S/C12H17N3O2/c1-14(2)11-6-5-10(9-13-11)12(16)15-7-3-4-8-17-15/h5-6,9H,3-4,7-8H2,1-2H3. The summed E-state index contributed by atoms with van der Waals surface area (Å²) in [7, 11) is 3.83. The lowest BCUT2D eigenvalue weighted by molar-refractivity contribution is -0.144. The van der Waals surface area contributed by atoms with Crippen molar-refractivity contribution >= 4 is 11.7 Å². The van der Waals surface area contributed by atoms with Crippen LogP contribution in [0, 0.1) is 0 Å². The number of nitrogens with zero attached hydrogens (tertiary/aromatic N) is 3. The first-order valence-corrected chi connectivity index (χ1v) is 5.76. The molecule has 5 nitrogen and oxygen atoms in total. The molecule has 0 aromatic carbocycles. The van der Waals surface area contributed by atoms with Crippen molar-refractivity contribution in [3.8, 4) is 0 Å². The van der Waals surface area contributed by atoms with Crippen LogP contribution >= 0.6 is 0 Å². The number of rotatable bonds is 2. The third kappa shape index (κ3) is 2.74. The van der Waals surface area contributed by atoms with Gasteiger partial charge in [0.05, 0.1) is 12.2 Å². The molecule has 0 aliphatic carbocycles. The molecule has 17 heavy (non-hydrogen) atoms. The zero-order valence-electron chi connectivity index (χ0n) is 10.2. The second-order valence-corrected chi connectivity index (χ2v) is 4.25. The minimum Gasteiger partial charge on any atom is -0.363 e. The van der Waals surface area contributed by atoms with Crippen molar-refractivity contribution < 1.29 is 9.63 Å². The number of amides is 1. The Bertz CT molecular complexity index is 383. The summed E-state index contributed by atoms with van der Waals surface area (Å²) in [4.78, 5) is 23.5. The van der Waals surface area contributed by atoms with E-state index in [0.29, 0.717) is 18.7 Å². The van der Waals surface area contributed by atoms with Gasteiger partial charge in [0.1, 0.15) is 5.82 Å². The lowest BCUT2D eigenvalue weighted by atomic mass is 10.2. The Morgan fingerprint density at radius 2 is 2.24 bits per heavy atom. The summed E-state index contributed by atoms with van der Waals surface area (Å²) in [6.45, 7) is 1.28. The Hall–Kier alpha value is -1.62. The molecule has 1 fully saturated rings. The fourth-order valence-corrected chi connectivity index (χ4v) is 1.68. The molecule has 0 atom stereocenters. The molecule has 1 saturated heterocycles. The van der Waals surface area contributed by atoms with Crippen molar-refractivity contribution in [1.82, 2.24) is 10.0 Å². The van der Waals surface area contributed by atoms with Crippen molar-refractivity contribution in [2.45, 2.75) is 12.8 Å². The van der Waals surface area contributed by atoms with E-state index in [-0.39, 0.29) is 5.91 Å². The lowest BCUT2D eigenvalue weighted by Crippen LogP contribution is -2.35. The fraction of sp³-hybridized carbons (Fsp3) is 0.500. The molecular formula is C12H17N3O2. The summed E-state index contributed by atoms with van der Waals surface area (Å²) >= 11 is 0. The van der Waals surface area contributed by atoms with E-state index in [0.717, 1.165) is 18.7 Å². The van der Waals surface area contributed by atoms with E-state index >= 15 is 0 Å². The van der Waals surface area contributed by atoms with Gasteiger partial charge >= 0.3 is 0 Å². The average Bonchev–Trinajstić information content (AvgIpc) is 2.39. The summed E-state index contributed by atoms with van der Waals surface area (Å²) in [6.07, 6.45) is 3.60. The van der Waals surface area contributed by atoms with E-state index in [2.05, 4.69) is 4.98 Å². The van der Waals surface area contributed by atoms with Gasteiger partial charge in [-0.05, 0) is 25.0 Å². The topological polar surface area (TPSA) is 45.7 Å². The first kappa shape index (κ1) is 11.9. The third-order valence-corrected chi connectivity index (χ3v) is 2.68. The zero-order valence-corrected chi connectivity index (χ0v) is 10.2. The molecule has 0 saturated carbocycles. The predicted molar refractivity (Wildman–Crippen MR) is 64.8 cm³/mol. The Kier molecular flexibility index (Phi) is 3.58. The highest BCUT2D eigenvalue weighted by atomic mass is 16.7. The normalized spacial score (nSPS) is 15.8. The van der Waals surface area contributed by atoms with Gasteiger partial charge in [0.25, 0.3) is 5.91 Å². The molecule has 5 heteroatoms. The summed E-state index contributed by atoms with van der Waals surface area (Å²) in [5.41, 5.74) is 0.567. The maximum Gasteiger partial charge on any atom is 0.278 e. The molecule has 0 bridgehead atoms. The van der Waals surface area contributed by atoms with E-state index < -0.39 is 0 Å². The van der Waals surface area contributed by atoms with E-state index in [1.807, 2.05) is 25.1 Å². The highest BCUT2D eigenvalue weighted by Gasteiger charge is 2.19. The molecule has 0 radical (unpaired) electrons. The Morgan fingerprint density at radius 3 is 2.76 bits per heavy atom. The first-order valence-electron chi connectivity index (χ1n) is 5.76. The second kappa shape index (κ2) is 5.14. The van der Waals surface area contributed by atoms with Crippen molar-refractivity contribution in [2.75, 3.05) is 32.1 Å². The Labute approximate surface area is 101 Å². The first-order chi connectivity index (χ1) is 8.18. The third-order valence-electron chi connectivity index (χ3n) is 2.68. The van der Waals surface area contributed by atoms with Crippen LogP contribution in [0.1, 0.15) is 23.2 Å². The summed E-state index contributed by atoms with van der Waals surface area (Å²) in [5.74, 6) is 0.726. The Balaban J connectivity index is 2.08. The SMILES string of the molecule is CN(C)c1ccc(C(=O)N2CCCCO2)cn1. The molecule has 2 rings (SSSR count). The number of hydroxylamine groups is 2. The smallest absolute Gasteiger partial charge is 0.278 e. The molecule has 0 spiro atoms. The Morgan fingerprint density at radius 1 is 1.41 bits per heavy atom. The lowest BCUT2D eigenvalue weighted by Gasteiger charge is -2.25. The van der Waals surface area contributed by atoms with E-state index in [1.54, 1.807) is 12.3 Å². The molecule has 1 aromatic heterocycles. The molecule has 2 heterocycles. The molecular weight excluding hydrogens is 218 g/mol. The van der Waals surface area contributed by atoms with Crippen LogP contribution in [-0.2, 0) is 4.84 Å². The maximum absolute atomic E-state index is 12.0. The number of hydrogen-bond donors (Lipinski definition) is 0. The van der Waals surface area contributed by atoms with Crippen LogP contribution in [0.4, 0.5) is 5.82 Å². The number of hydrogen-bond acceptors (Lipinski definition) is 4. The van der Waals surface area contributed by atoms with Crippen LogP contribution in [0.5, 0.6) is 0 Å². The second-order valence-electron chi connectivity index (χ2n) is 4.25. The van der Waals surface area contributed by atoms with E-state index in [4.69, 9.17) is 4.84 Å². The predicted octanol–water partition coefficient (Wildman–Crippen LogP) is 1.32. The maximum atomic E-state index is 12.0. The molecule has 0 N–H and O–H groups in total. The van der Waals surface area contributed by atoms with Gasteiger partial charge in [-0.2, -0.15) is 0 Å². The quantitative estimate of drug-likeness (QED) is 0.775. The van der Waals surface area contributed by atoms with Gasteiger partial charge in [-0.1, -0.05) is 0 Å². The van der Waals surface area contributed by atoms with Gasteiger partial charge in [0.2, 0.25) is 0 Å². The van der Waals surface area contributed by atoms with Crippen molar-refractivity contribution in [1.29, 1.82) is 0 Å². The van der Waals surface area contributed by atoms with Crippen LogP contribution in [-0.4, -0.2) is 43.2 Å². The van der Waals surface area contributed by atoms with Gasteiger partial charge in [-0.25, -0.2) is 10.0 Å². The minimum absolute atomic E-state index is 0.109. The van der Waals surface area contributed by atoms with E-state index in [9.17, 15) is 4.79 Å². The molecule has 1 aliphatic heterocycles. The van der Waals surface area contributed by atoms with Crippen LogP contribution in [0.3, 0.4) is 0 Å². The highest BCUT2D eigenvalue weighted by molar-refractivity contribution is 5.93. The average molecular weight is 235 g/mol. The van der Waals surface area contributed by atoms with Crippen molar-refractivity contribution in [2.24, 2.45) is 0 Å². The van der Waals surface area contributed by atoms with Crippen LogP contribution in [0.15, 0.2) is 18.3 Å². The monoisotopic (exact) mass is 235 g/mol. The van der Waals surface area contributed by atoms with Crippen LogP contribution < -0.4 is 4.90 Å². The summed E-state index contributed by atoms with van der Waals surface area (Å²) < 4.78 is 0. The van der Waals surface area contributed by atoms with Gasteiger partial charge in [-0.3, -0.25) is 9.63 Å². The van der Waals surface area contributed by atoms with Gasteiger partial charge in [0.15, 0.2) is 0 Å². The minimum atomic E-state index is -0.109. The zero-order chi connectivity index (χ0) is 12.3. The number of aromatic nitrogens is 1. The van der Waals surface area contributed by atoms with E-state index in [1.165, 1.54) is 5.06 Å². The summed E-state index contributed by atoms with van der Waals surface area (Å²) in [5, 5.41) is 1.43. The van der Waals surface area contributed by atoms with Gasteiger partial charge in [-0.15, -0.1) is 0 Å². The number of carbonyl (C=O) groups is 1. The highest BCUT2D eigenvalue weighted by Crippen LogP contribution is 2.13. The molecule has 1 amide bonds. The molecule has 1 aliphatic rings. The fourth-order valence-electron chi connectivity index (χ4n) is 1.68. The largest absolute Gasteiger partial charge is 0.363 e. The van der Waals surface area contributed by atoms with Crippen molar-refractivity contribution in [3.63, 3.8) is 0 Å². The number of pyridine rings is 1. The molecule has 92 valence electrons. The molecule has 0 unspecified atom stereocenters.